The summed E-state index contributed by atoms with van der Waals surface area (Å²) in [5.41, 5.74) is 6.22. The van der Waals surface area contributed by atoms with Crippen molar-refractivity contribution in [2.75, 3.05) is 11.1 Å². The Morgan fingerprint density at radius 1 is 1.31 bits per heavy atom. The van der Waals surface area contributed by atoms with Crippen molar-refractivity contribution < 1.29 is 9.50 Å². The van der Waals surface area contributed by atoms with Crippen molar-refractivity contribution in [2.45, 2.75) is 51.2 Å². The van der Waals surface area contributed by atoms with Crippen molar-refractivity contribution in [3.05, 3.63) is 35.8 Å². The second-order valence-electron chi connectivity index (χ2n) is 7.48. The van der Waals surface area contributed by atoms with Crippen LogP contribution in [-0.4, -0.2) is 26.5 Å². The molecule has 3 rings (SSSR count). The van der Waals surface area contributed by atoms with Crippen molar-refractivity contribution in [3.8, 4) is 0 Å². The fourth-order valence-electron chi connectivity index (χ4n) is 3.75. The predicted octanol–water partition coefficient (Wildman–Crippen LogP) is 3.85. The van der Waals surface area contributed by atoms with E-state index in [2.05, 4.69) is 10.3 Å². The molecule has 0 unspecified atom stereocenters. The normalized spacial score (nSPS) is 20.8. The zero-order valence-electron chi connectivity index (χ0n) is 15.2. The molecule has 1 fully saturated rings. The second-order valence-corrected chi connectivity index (χ2v) is 7.48. The van der Waals surface area contributed by atoms with Gasteiger partial charge in [0, 0.05) is 12.3 Å². The average molecular weight is 359 g/mol. The van der Waals surface area contributed by atoms with Crippen LogP contribution in [0.3, 0.4) is 0 Å². The SMILES string of the molecule is CC(C)(O)C1CCC(n2c(Nc3ccccc3F)nc(C=N)c2N)CC1. The number of hydrogen-bond acceptors (Lipinski definition) is 5. The van der Waals surface area contributed by atoms with E-state index < -0.39 is 5.60 Å². The van der Waals surface area contributed by atoms with Gasteiger partial charge in [-0.3, -0.25) is 4.57 Å². The molecule has 1 aromatic carbocycles. The van der Waals surface area contributed by atoms with E-state index in [4.69, 9.17) is 11.1 Å². The number of aromatic nitrogens is 2. The van der Waals surface area contributed by atoms with Gasteiger partial charge in [0.05, 0.1) is 11.3 Å². The molecule has 0 saturated heterocycles. The molecule has 26 heavy (non-hydrogen) atoms. The Bertz CT molecular complexity index is 788. The van der Waals surface area contributed by atoms with Gasteiger partial charge >= 0.3 is 0 Å². The molecule has 0 spiro atoms. The number of imidazole rings is 1. The van der Waals surface area contributed by atoms with Crippen LogP contribution in [0.2, 0.25) is 0 Å². The molecular weight excluding hydrogens is 333 g/mol. The van der Waals surface area contributed by atoms with E-state index in [0.717, 1.165) is 31.9 Å². The molecule has 0 aliphatic heterocycles. The Labute approximate surface area is 152 Å². The summed E-state index contributed by atoms with van der Waals surface area (Å²) in [6, 6.07) is 6.49. The lowest BCUT2D eigenvalue weighted by Crippen LogP contribution is -2.34. The number of nitrogens with zero attached hydrogens (tertiary/aromatic N) is 2. The molecule has 1 saturated carbocycles. The number of nitrogens with one attached hydrogen (secondary N) is 2. The Kier molecular flexibility index (Phi) is 5.00. The van der Waals surface area contributed by atoms with Gasteiger partial charge in [-0.2, -0.15) is 0 Å². The van der Waals surface area contributed by atoms with Gasteiger partial charge in [0.15, 0.2) is 0 Å². The standard InChI is InChI=1S/C19H26FN5O/c1-19(2,26)12-7-9-13(10-8-12)25-17(22)16(11-21)24-18(25)23-15-6-4-3-5-14(15)20/h3-6,11-13,21,26H,7-10,22H2,1-2H3,(H,23,24). The summed E-state index contributed by atoms with van der Waals surface area (Å²) in [7, 11) is 0. The molecule has 0 amide bonds. The summed E-state index contributed by atoms with van der Waals surface area (Å²) in [5, 5.41) is 20.8. The number of benzene rings is 1. The van der Waals surface area contributed by atoms with Crippen molar-refractivity contribution in [2.24, 2.45) is 5.92 Å². The third kappa shape index (κ3) is 3.58. The molecule has 5 N–H and O–H groups in total. The minimum absolute atomic E-state index is 0.101. The van der Waals surface area contributed by atoms with E-state index in [1.807, 2.05) is 18.4 Å². The Morgan fingerprint density at radius 2 is 1.96 bits per heavy atom. The fourth-order valence-corrected chi connectivity index (χ4v) is 3.75. The first-order chi connectivity index (χ1) is 12.3. The Balaban J connectivity index is 1.88. The number of nitrogen functional groups attached to an aromatic ring is 1. The predicted molar refractivity (Wildman–Crippen MR) is 102 cm³/mol. The minimum Gasteiger partial charge on any atom is -0.390 e. The van der Waals surface area contributed by atoms with Gasteiger partial charge < -0.3 is 21.6 Å². The molecule has 0 atom stereocenters. The molecule has 0 radical (unpaired) electrons. The zero-order chi connectivity index (χ0) is 18.9. The van der Waals surface area contributed by atoms with E-state index in [0.29, 0.717) is 23.1 Å². The molecule has 2 aromatic rings. The molecule has 6 nitrogen and oxygen atoms in total. The molecular formula is C19H26FN5O. The lowest BCUT2D eigenvalue weighted by atomic mass is 9.77. The largest absolute Gasteiger partial charge is 0.390 e. The highest BCUT2D eigenvalue weighted by Crippen LogP contribution is 2.40. The summed E-state index contributed by atoms with van der Waals surface area (Å²) in [5.74, 6) is 0.722. The van der Waals surface area contributed by atoms with Gasteiger partial charge in [0.1, 0.15) is 17.3 Å². The Morgan fingerprint density at radius 3 is 2.54 bits per heavy atom. The third-order valence-electron chi connectivity index (χ3n) is 5.29. The van der Waals surface area contributed by atoms with E-state index in [1.165, 1.54) is 6.07 Å². The number of halogens is 1. The summed E-state index contributed by atoms with van der Waals surface area (Å²) in [4.78, 5) is 4.38. The van der Waals surface area contributed by atoms with Crippen LogP contribution in [0, 0.1) is 17.1 Å². The maximum atomic E-state index is 14.0. The molecule has 1 aliphatic rings. The molecule has 7 heteroatoms. The number of rotatable bonds is 5. The van der Waals surface area contributed by atoms with Crippen LogP contribution in [0.25, 0.3) is 0 Å². The maximum Gasteiger partial charge on any atom is 0.209 e. The van der Waals surface area contributed by atoms with Crippen molar-refractivity contribution in [1.29, 1.82) is 5.41 Å². The summed E-state index contributed by atoms with van der Waals surface area (Å²) >= 11 is 0. The summed E-state index contributed by atoms with van der Waals surface area (Å²) in [6.45, 7) is 3.70. The molecule has 140 valence electrons. The molecule has 1 heterocycles. The molecule has 0 bridgehead atoms. The fraction of sp³-hybridized carbons (Fsp3) is 0.474. The van der Waals surface area contributed by atoms with Gasteiger partial charge in [-0.1, -0.05) is 12.1 Å². The lowest BCUT2D eigenvalue weighted by Gasteiger charge is -2.36. The topological polar surface area (TPSA) is 100.0 Å². The smallest absolute Gasteiger partial charge is 0.209 e. The van der Waals surface area contributed by atoms with Crippen LogP contribution in [0.1, 0.15) is 51.3 Å². The van der Waals surface area contributed by atoms with Crippen molar-refractivity contribution in [3.63, 3.8) is 0 Å². The van der Waals surface area contributed by atoms with Crippen molar-refractivity contribution in [1.82, 2.24) is 9.55 Å². The monoisotopic (exact) mass is 359 g/mol. The molecule has 1 aromatic heterocycles. The van der Waals surface area contributed by atoms with Gasteiger partial charge in [0.2, 0.25) is 5.95 Å². The third-order valence-corrected chi connectivity index (χ3v) is 5.29. The van der Waals surface area contributed by atoms with E-state index in [1.54, 1.807) is 18.2 Å². The van der Waals surface area contributed by atoms with Gasteiger partial charge in [-0.25, -0.2) is 9.37 Å². The Hall–Kier alpha value is -2.41. The minimum atomic E-state index is -0.695. The number of anilines is 3. The van der Waals surface area contributed by atoms with Crippen LogP contribution in [0.5, 0.6) is 0 Å². The van der Waals surface area contributed by atoms with Crippen LogP contribution < -0.4 is 11.1 Å². The average Bonchev–Trinajstić information content (AvgIpc) is 2.92. The highest BCUT2D eigenvalue weighted by atomic mass is 19.1. The lowest BCUT2D eigenvalue weighted by molar-refractivity contribution is -0.00464. The number of para-hydroxylation sites is 1. The van der Waals surface area contributed by atoms with Gasteiger partial charge in [-0.15, -0.1) is 0 Å². The first-order valence-corrected chi connectivity index (χ1v) is 8.93. The number of aliphatic hydroxyl groups is 1. The first-order valence-electron chi connectivity index (χ1n) is 8.93. The second kappa shape index (κ2) is 7.07. The highest BCUT2D eigenvalue weighted by molar-refractivity contribution is 5.83. The van der Waals surface area contributed by atoms with Crippen LogP contribution in [0.15, 0.2) is 24.3 Å². The van der Waals surface area contributed by atoms with Crippen LogP contribution in [-0.2, 0) is 0 Å². The molecule has 1 aliphatic carbocycles. The quantitative estimate of drug-likeness (QED) is 0.609. The first kappa shape index (κ1) is 18.4. The summed E-state index contributed by atoms with van der Waals surface area (Å²) in [6.07, 6.45) is 4.56. The van der Waals surface area contributed by atoms with E-state index >= 15 is 0 Å². The zero-order valence-corrected chi connectivity index (χ0v) is 15.2. The summed E-state index contributed by atoms with van der Waals surface area (Å²) < 4.78 is 15.9. The maximum absolute atomic E-state index is 14.0. The van der Waals surface area contributed by atoms with Crippen LogP contribution in [0.4, 0.5) is 21.8 Å². The van der Waals surface area contributed by atoms with Crippen molar-refractivity contribution >= 4 is 23.7 Å². The van der Waals surface area contributed by atoms with Gasteiger partial charge in [-0.05, 0) is 57.6 Å². The number of hydrogen-bond donors (Lipinski definition) is 4. The van der Waals surface area contributed by atoms with E-state index in [-0.39, 0.29) is 17.8 Å². The van der Waals surface area contributed by atoms with E-state index in [9.17, 15) is 9.50 Å². The van der Waals surface area contributed by atoms with Gasteiger partial charge in [0.25, 0.3) is 0 Å². The van der Waals surface area contributed by atoms with Crippen LogP contribution >= 0.6 is 0 Å². The number of nitrogens with two attached hydrogens (primary N) is 1. The highest BCUT2D eigenvalue weighted by Gasteiger charge is 2.33.